The van der Waals surface area contributed by atoms with Crippen LogP contribution < -0.4 is 16.8 Å². The fourth-order valence-corrected chi connectivity index (χ4v) is 3.89. The van der Waals surface area contributed by atoms with Crippen molar-refractivity contribution in [2.45, 2.75) is 23.8 Å². The van der Waals surface area contributed by atoms with E-state index in [1.165, 1.54) is 11.8 Å². The SMILES string of the molecule is CSC(C[C@H](NC[C@@H](N)CS)C(=O)O)C(=O)c1cccc(N)c1-c1ccccc1. The summed E-state index contributed by atoms with van der Waals surface area (Å²) in [6, 6.07) is 13.6. The maximum atomic E-state index is 13.3. The lowest BCUT2D eigenvalue weighted by molar-refractivity contribution is -0.139. The van der Waals surface area contributed by atoms with Crippen LogP contribution in [0.2, 0.25) is 0 Å². The molecule has 0 aliphatic carbocycles. The largest absolute Gasteiger partial charge is 0.480 e. The summed E-state index contributed by atoms with van der Waals surface area (Å²) in [4.78, 5) is 25.0. The van der Waals surface area contributed by atoms with E-state index >= 15 is 0 Å². The van der Waals surface area contributed by atoms with E-state index in [0.717, 1.165) is 5.56 Å². The van der Waals surface area contributed by atoms with Gasteiger partial charge in [0.25, 0.3) is 0 Å². The van der Waals surface area contributed by atoms with Crippen molar-refractivity contribution in [1.29, 1.82) is 0 Å². The van der Waals surface area contributed by atoms with Gasteiger partial charge in [0, 0.05) is 35.2 Å². The van der Waals surface area contributed by atoms with Gasteiger partial charge in [0.05, 0.1) is 5.25 Å². The molecule has 0 aliphatic heterocycles. The summed E-state index contributed by atoms with van der Waals surface area (Å²) in [5, 5.41) is 12.0. The number of hydrogen-bond donors (Lipinski definition) is 5. The van der Waals surface area contributed by atoms with Gasteiger partial charge in [-0.15, -0.1) is 0 Å². The lowest BCUT2D eigenvalue weighted by atomic mass is 9.92. The molecule has 29 heavy (non-hydrogen) atoms. The van der Waals surface area contributed by atoms with Crippen molar-refractivity contribution >= 4 is 41.8 Å². The predicted molar refractivity (Wildman–Crippen MR) is 124 cm³/mol. The van der Waals surface area contributed by atoms with Gasteiger partial charge in [-0.25, -0.2) is 0 Å². The molecular weight excluding hydrogens is 406 g/mol. The predicted octanol–water partition coefficient (Wildman–Crippen LogP) is 2.54. The number of nitrogens with one attached hydrogen (secondary N) is 1. The van der Waals surface area contributed by atoms with Crippen molar-refractivity contribution in [3.8, 4) is 11.1 Å². The molecule has 2 aromatic carbocycles. The third kappa shape index (κ3) is 6.24. The number of nitrogens with two attached hydrogens (primary N) is 2. The maximum Gasteiger partial charge on any atom is 0.320 e. The second-order valence-electron chi connectivity index (χ2n) is 6.70. The van der Waals surface area contributed by atoms with Crippen LogP contribution in [-0.2, 0) is 4.79 Å². The molecule has 2 aromatic rings. The maximum absolute atomic E-state index is 13.3. The highest BCUT2D eigenvalue weighted by Gasteiger charge is 2.29. The topological polar surface area (TPSA) is 118 Å². The van der Waals surface area contributed by atoms with Gasteiger partial charge in [0.2, 0.25) is 0 Å². The summed E-state index contributed by atoms with van der Waals surface area (Å²) in [7, 11) is 0. The Balaban J connectivity index is 2.29. The zero-order chi connectivity index (χ0) is 21.4. The normalized spacial score (nSPS) is 14.2. The molecule has 0 amide bonds. The van der Waals surface area contributed by atoms with Crippen molar-refractivity contribution in [2.24, 2.45) is 5.73 Å². The van der Waals surface area contributed by atoms with Gasteiger partial charge in [-0.3, -0.25) is 9.59 Å². The number of benzene rings is 2. The summed E-state index contributed by atoms with van der Waals surface area (Å²) in [6.45, 7) is 0.309. The van der Waals surface area contributed by atoms with Crippen molar-refractivity contribution in [3.63, 3.8) is 0 Å². The molecule has 156 valence electrons. The quantitative estimate of drug-likeness (QED) is 0.210. The Hall–Kier alpha value is -2.00. The molecule has 3 atom stereocenters. The summed E-state index contributed by atoms with van der Waals surface area (Å²) in [5.74, 6) is -0.720. The van der Waals surface area contributed by atoms with Crippen LogP contribution in [0.5, 0.6) is 0 Å². The molecule has 0 saturated heterocycles. The number of carboxylic acid groups (broad SMARTS) is 1. The molecule has 0 spiro atoms. The van der Waals surface area contributed by atoms with E-state index in [-0.39, 0.29) is 18.2 Å². The number of rotatable bonds is 11. The Kier molecular flexibility index (Phi) is 9.03. The molecule has 0 fully saturated rings. The first-order chi connectivity index (χ1) is 13.9. The fraction of sp³-hybridized carbons (Fsp3) is 0.333. The third-order valence-corrected chi connectivity index (χ3v) is 6.05. The van der Waals surface area contributed by atoms with Gasteiger partial charge in [-0.2, -0.15) is 24.4 Å². The second kappa shape index (κ2) is 11.3. The highest BCUT2D eigenvalue weighted by atomic mass is 32.2. The number of carbonyl (C=O) groups excluding carboxylic acids is 1. The van der Waals surface area contributed by atoms with Crippen molar-refractivity contribution < 1.29 is 14.7 Å². The summed E-state index contributed by atoms with van der Waals surface area (Å²) in [6.07, 6.45) is 1.94. The minimum Gasteiger partial charge on any atom is -0.480 e. The van der Waals surface area contributed by atoms with Gasteiger partial charge in [0.15, 0.2) is 5.78 Å². The van der Waals surface area contributed by atoms with Gasteiger partial charge < -0.3 is 21.9 Å². The van der Waals surface area contributed by atoms with E-state index in [9.17, 15) is 14.7 Å². The Morgan fingerprint density at radius 3 is 2.45 bits per heavy atom. The van der Waals surface area contributed by atoms with E-state index in [1.54, 1.807) is 24.5 Å². The molecule has 0 aromatic heterocycles. The molecule has 2 rings (SSSR count). The number of nitrogen functional groups attached to an aromatic ring is 1. The van der Waals surface area contributed by atoms with E-state index in [2.05, 4.69) is 17.9 Å². The summed E-state index contributed by atoms with van der Waals surface area (Å²) >= 11 is 5.44. The molecule has 6 nitrogen and oxygen atoms in total. The number of thioether (sulfide) groups is 1. The number of anilines is 1. The Morgan fingerprint density at radius 2 is 1.86 bits per heavy atom. The van der Waals surface area contributed by atoms with E-state index in [0.29, 0.717) is 29.1 Å². The van der Waals surface area contributed by atoms with Crippen LogP contribution >= 0.6 is 24.4 Å². The van der Waals surface area contributed by atoms with Gasteiger partial charge >= 0.3 is 5.97 Å². The Morgan fingerprint density at radius 1 is 1.17 bits per heavy atom. The molecule has 8 heteroatoms. The average molecular weight is 434 g/mol. The molecule has 0 radical (unpaired) electrons. The lowest BCUT2D eigenvalue weighted by Gasteiger charge is -2.22. The number of carbonyl (C=O) groups is 2. The highest BCUT2D eigenvalue weighted by molar-refractivity contribution is 8.00. The first-order valence-corrected chi connectivity index (χ1v) is 11.1. The van der Waals surface area contributed by atoms with Crippen LogP contribution in [-0.4, -0.2) is 52.7 Å². The van der Waals surface area contributed by atoms with Crippen molar-refractivity contribution in [2.75, 3.05) is 24.3 Å². The van der Waals surface area contributed by atoms with Crippen molar-refractivity contribution in [1.82, 2.24) is 5.32 Å². The zero-order valence-electron chi connectivity index (χ0n) is 16.2. The Labute approximate surface area is 180 Å². The standard InChI is InChI=1S/C21H27N3O3S2/c1-29-18(10-17(21(26)27)24-11-14(22)12-28)20(25)15-8-5-9-16(23)19(15)13-6-3-2-4-7-13/h2-9,14,17-18,24,28H,10-12,22-23H2,1H3,(H,26,27)/t14-,17+,18?/m1/s1. The molecule has 0 aliphatic rings. The molecule has 6 N–H and O–H groups in total. The summed E-state index contributed by atoms with van der Waals surface area (Å²) < 4.78 is 0. The molecule has 1 unspecified atom stereocenters. The second-order valence-corrected chi connectivity index (χ2v) is 8.11. The number of Topliss-reactive ketones (excluding diaryl/α,β-unsaturated/α-hetero) is 1. The van der Waals surface area contributed by atoms with Crippen molar-refractivity contribution in [3.05, 3.63) is 54.1 Å². The number of ketones is 1. The minimum atomic E-state index is -1.01. The molecule has 0 saturated carbocycles. The Bertz CT molecular complexity index is 833. The van der Waals surface area contributed by atoms with Crippen LogP contribution in [0.3, 0.4) is 0 Å². The van der Waals surface area contributed by atoms with Crippen LogP contribution in [0.25, 0.3) is 11.1 Å². The monoisotopic (exact) mass is 433 g/mol. The summed E-state index contributed by atoms with van der Waals surface area (Å²) in [5.41, 5.74) is 14.5. The van der Waals surface area contributed by atoms with Crippen LogP contribution in [0.1, 0.15) is 16.8 Å². The van der Waals surface area contributed by atoms with Crippen LogP contribution in [0.15, 0.2) is 48.5 Å². The fourth-order valence-electron chi connectivity index (χ4n) is 3.03. The highest BCUT2D eigenvalue weighted by Crippen LogP contribution is 2.32. The number of carboxylic acids is 1. The van der Waals surface area contributed by atoms with Crippen LogP contribution in [0, 0.1) is 0 Å². The average Bonchev–Trinajstić information content (AvgIpc) is 2.73. The first kappa shape index (κ1) is 23.3. The smallest absolute Gasteiger partial charge is 0.320 e. The van der Waals surface area contributed by atoms with Gasteiger partial charge in [-0.1, -0.05) is 42.5 Å². The van der Waals surface area contributed by atoms with Gasteiger partial charge in [0.1, 0.15) is 6.04 Å². The first-order valence-electron chi connectivity index (χ1n) is 9.22. The van der Waals surface area contributed by atoms with Crippen LogP contribution in [0.4, 0.5) is 5.69 Å². The lowest BCUT2D eigenvalue weighted by Crippen LogP contribution is -2.46. The molecule has 0 bridgehead atoms. The van der Waals surface area contributed by atoms with E-state index in [1.807, 2.05) is 30.3 Å². The number of thiol groups is 1. The molecule has 0 heterocycles. The zero-order valence-corrected chi connectivity index (χ0v) is 18.0. The molecular formula is C21H27N3O3S2. The minimum absolute atomic E-state index is 0.137. The van der Waals surface area contributed by atoms with Gasteiger partial charge in [-0.05, 0) is 24.3 Å². The van der Waals surface area contributed by atoms with E-state index < -0.39 is 17.3 Å². The number of aliphatic carboxylic acids is 1. The third-order valence-electron chi connectivity index (χ3n) is 4.61. The van der Waals surface area contributed by atoms with E-state index in [4.69, 9.17) is 11.5 Å². The number of hydrogen-bond acceptors (Lipinski definition) is 7.